The number of halogens is 1. The third-order valence-electron chi connectivity index (χ3n) is 6.39. The Balaban J connectivity index is 1.61. The van der Waals surface area contributed by atoms with Gasteiger partial charge in [-0.3, -0.25) is 9.59 Å². The summed E-state index contributed by atoms with van der Waals surface area (Å²) in [5, 5.41) is 11.5. The van der Waals surface area contributed by atoms with Crippen molar-refractivity contribution in [3.63, 3.8) is 0 Å². The molecule has 1 fully saturated rings. The fraction of sp³-hybridized carbons (Fsp3) is 0.231. The molecule has 0 saturated carbocycles. The first-order chi connectivity index (χ1) is 16.9. The number of aliphatic hydroxyl groups excluding tert-OH is 1. The number of carbonyl (C=O) groups excluding carboxylic acids is 2. The second-order valence-electron chi connectivity index (χ2n) is 8.63. The maximum Gasteiger partial charge on any atom is 0.295 e. The van der Waals surface area contributed by atoms with Crippen LogP contribution in [0.25, 0.3) is 11.4 Å². The highest BCUT2D eigenvalue weighted by atomic mass is 79.9. The van der Waals surface area contributed by atoms with Gasteiger partial charge in [-0.05, 0) is 49.6 Å². The van der Waals surface area contributed by atoms with Crippen molar-refractivity contribution < 1.29 is 14.7 Å². The molecule has 0 radical (unpaired) electrons. The lowest BCUT2D eigenvalue weighted by atomic mass is 9.96. The number of pyridine rings is 1. The zero-order chi connectivity index (χ0) is 24.7. The van der Waals surface area contributed by atoms with Crippen LogP contribution in [0.4, 0.5) is 0 Å². The van der Waals surface area contributed by atoms with E-state index in [0.29, 0.717) is 36.5 Å². The summed E-state index contributed by atoms with van der Waals surface area (Å²) in [6, 6.07) is 10.6. The summed E-state index contributed by atoms with van der Waals surface area (Å²) in [5.41, 5.74) is 3.43. The van der Waals surface area contributed by atoms with E-state index in [4.69, 9.17) is 0 Å². The van der Waals surface area contributed by atoms with Gasteiger partial charge < -0.3 is 19.0 Å². The summed E-state index contributed by atoms with van der Waals surface area (Å²) < 4.78 is 4.62. The van der Waals surface area contributed by atoms with Gasteiger partial charge in [-0.15, -0.1) is 0 Å². The van der Waals surface area contributed by atoms with Gasteiger partial charge in [0.25, 0.3) is 11.7 Å². The number of Topliss-reactive ketones (excluding diaryl/α,β-unsaturated/α-hetero) is 1. The van der Waals surface area contributed by atoms with Gasteiger partial charge >= 0.3 is 0 Å². The largest absolute Gasteiger partial charge is 0.505 e. The number of fused-ring (bicyclic) bond motifs is 1. The Morgan fingerprint density at radius 3 is 2.66 bits per heavy atom. The molecule has 1 aliphatic rings. The minimum atomic E-state index is -0.722. The number of ketones is 1. The zero-order valence-electron chi connectivity index (χ0n) is 19.3. The predicted molar refractivity (Wildman–Crippen MR) is 135 cm³/mol. The third kappa shape index (κ3) is 4.05. The molecule has 9 heteroatoms. The summed E-state index contributed by atoms with van der Waals surface area (Å²) in [6.07, 6.45) is 7.76. The molecule has 1 saturated heterocycles. The number of imidazole rings is 2. The summed E-state index contributed by atoms with van der Waals surface area (Å²) >= 11 is 3.49. The van der Waals surface area contributed by atoms with Gasteiger partial charge in [-0.25, -0.2) is 9.97 Å². The summed E-state index contributed by atoms with van der Waals surface area (Å²) in [5.74, 6) is -1.59. The number of rotatable bonds is 6. The molecule has 1 unspecified atom stereocenters. The average Bonchev–Trinajstić information content (AvgIpc) is 3.54. The van der Waals surface area contributed by atoms with Crippen molar-refractivity contribution in [2.75, 3.05) is 6.54 Å². The molecular formula is C26H24BrN5O3. The van der Waals surface area contributed by atoms with Crippen LogP contribution in [0.3, 0.4) is 0 Å². The molecule has 1 aromatic carbocycles. The van der Waals surface area contributed by atoms with E-state index in [-0.39, 0.29) is 11.3 Å². The quantitative estimate of drug-likeness (QED) is 0.225. The van der Waals surface area contributed by atoms with E-state index in [1.54, 1.807) is 17.4 Å². The molecule has 1 aliphatic heterocycles. The van der Waals surface area contributed by atoms with Gasteiger partial charge in [-0.1, -0.05) is 34.1 Å². The Bertz CT molecular complexity index is 1470. The lowest BCUT2D eigenvalue weighted by Crippen LogP contribution is -2.31. The van der Waals surface area contributed by atoms with Crippen molar-refractivity contribution in [2.24, 2.45) is 0 Å². The molecular weight excluding hydrogens is 510 g/mol. The maximum atomic E-state index is 13.3. The van der Waals surface area contributed by atoms with Crippen LogP contribution in [-0.2, 0) is 16.1 Å². The van der Waals surface area contributed by atoms with E-state index in [2.05, 4.69) is 25.9 Å². The van der Waals surface area contributed by atoms with Crippen LogP contribution in [-0.4, -0.2) is 47.2 Å². The lowest BCUT2D eigenvalue weighted by Gasteiger charge is -2.25. The van der Waals surface area contributed by atoms with Crippen molar-refractivity contribution in [3.05, 3.63) is 93.9 Å². The first-order valence-electron chi connectivity index (χ1n) is 11.3. The first kappa shape index (κ1) is 23.0. The average molecular weight is 534 g/mol. The third-order valence-corrected chi connectivity index (χ3v) is 6.88. The Morgan fingerprint density at radius 2 is 1.94 bits per heavy atom. The van der Waals surface area contributed by atoms with Crippen LogP contribution in [0.2, 0.25) is 0 Å². The van der Waals surface area contributed by atoms with Crippen LogP contribution in [0.15, 0.2) is 71.4 Å². The molecule has 3 aromatic heterocycles. The van der Waals surface area contributed by atoms with Crippen molar-refractivity contribution in [1.82, 2.24) is 23.8 Å². The lowest BCUT2D eigenvalue weighted by molar-refractivity contribution is -0.139. The monoisotopic (exact) mass is 533 g/mol. The molecule has 4 heterocycles. The van der Waals surface area contributed by atoms with Crippen LogP contribution < -0.4 is 0 Å². The summed E-state index contributed by atoms with van der Waals surface area (Å²) in [7, 11) is 0. The Labute approximate surface area is 210 Å². The maximum absolute atomic E-state index is 13.3. The number of amides is 1. The van der Waals surface area contributed by atoms with Crippen molar-refractivity contribution in [3.8, 4) is 0 Å². The van der Waals surface area contributed by atoms with E-state index in [1.165, 1.54) is 0 Å². The number of aryl methyl sites for hydroxylation is 3. The van der Waals surface area contributed by atoms with Crippen LogP contribution in [0, 0.1) is 13.8 Å². The van der Waals surface area contributed by atoms with E-state index in [1.807, 2.05) is 71.6 Å². The van der Waals surface area contributed by atoms with Crippen molar-refractivity contribution >= 4 is 39.0 Å². The standard InChI is InChI=1S/C26H24BrN5O3/c1-16-6-4-11-31-17(2)21(29-25(16)31)23(33)20-22(18-7-3-8-19(27)14-18)32(26(35)24(20)34)12-5-10-30-13-9-28-15-30/h3-4,6-9,11,13-15,22,33H,5,10,12H2,1-2H3. The van der Waals surface area contributed by atoms with Crippen molar-refractivity contribution in [2.45, 2.75) is 32.9 Å². The predicted octanol–water partition coefficient (Wildman–Crippen LogP) is 4.42. The van der Waals surface area contributed by atoms with E-state index >= 15 is 0 Å². The zero-order valence-corrected chi connectivity index (χ0v) is 20.9. The molecule has 178 valence electrons. The Hall–Kier alpha value is -3.72. The minimum Gasteiger partial charge on any atom is -0.505 e. The van der Waals surface area contributed by atoms with E-state index < -0.39 is 17.7 Å². The fourth-order valence-electron chi connectivity index (χ4n) is 4.65. The first-order valence-corrected chi connectivity index (χ1v) is 12.1. The molecule has 8 nitrogen and oxygen atoms in total. The molecule has 1 amide bonds. The molecule has 5 rings (SSSR count). The number of likely N-dealkylation sites (tertiary alicyclic amines) is 1. The van der Waals surface area contributed by atoms with Crippen molar-refractivity contribution in [1.29, 1.82) is 0 Å². The highest BCUT2D eigenvalue weighted by Gasteiger charge is 2.46. The van der Waals surface area contributed by atoms with Crippen LogP contribution >= 0.6 is 15.9 Å². The highest BCUT2D eigenvalue weighted by Crippen LogP contribution is 2.40. The Kier molecular flexibility index (Phi) is 6.02. The normalized spacial score (nSPS) is 17.6. The van der Waals surface area contributed by atoms with Crippen LogP contribution in [0.5, 0.6) is 0 Å². The molecule has 0 bridgehead atoms. The summed E-state index contributed by atoms with van der Waals surface area (Å²) in [6.45, 7) is 4.77. The van der Waals surface area contributed by atoms with Gasteiger partial charge in [0.05, 0.1) is 23.6 Å². The highest BCUT2D eigenvalue weighted by molar-refractivity contribution is 9.10. The second kappa shape index (κ2) is 9.14. The van der Waals surface area contributed by atoms with Gasteiger partial charge in [0, 0.05) is 36.2 Å². The number of hydrogen-bond acceptors (Lipinski definition) is 5. The van der Waals surface area contributed by atoms with Gasteiger partial charge in [-0.2, -0.15) is 0 Å². The van der Waals surface area contributed by atoms with Gasteiger partial charge in [0.2, 0.25) is 0 Å². The van der Waals surface area contributed by atoms with Gasteiger partial charge in [0.1, 0.15) is 11.3 Å². The fourth-order valence-corrected chi connectivity index (χ4v) is 5.07. The molecule has 0 aliphatic carbocycles. The van der Waals surface area contributed by atoms with Crippen LogP contribution in [0.1, 0.15) is 35.0 Å². The number of nitrogens with zero attached hydrogens (tertiary/aromatic N) is 5. The molecule has 0 spiro atoms. The second-order valence-corrected chi connectivity index (χ2v) is 9.55. The smallest absolute Gasteiger partial charge is 0.295 e. The number of aromatic nitrogens is 4. The minimum absolute atomic E-state index is 0.0555. The number of benzene rings is 1. The van der Waals surface area contributed by atoms with E-state index in [9.17, 15) is 14.7 Å². The molecule has 35 heavy (non-hydrogen) atoms. The molecule has 1 atom stereocenters. The molecule has 4 aromatic rings. The number of hydrogen-bond donors (Lipinski definition) is 1. The SMILES string of the molecule is Cc1cccn2c(C)c(C(O)=C3C(=O)C(=O)N(CCCn4ccnc4)C3c3cccc(Br)c3)nc12. The van der Waals surface area contributed by atoms with Gasteiger partial charge in [0.15, 0.2) is 5.76 Å². The number of aliphatic hydroxyl groups is 1. The Morgan fingerprint density at radius 1 is 1.11 bits per heavy atom. The molecule has 1 N–H and O–H groups in total. The summed E-state index contributed by atoms with van der Waals surface area (Å²) in [4.78, 5) is 36.7. The topological polar surface area (TPSA) is 92.7 Å². The number of carbonyl (C=O) groups is 2. The van der Waals surface area contributed by atoms with E-state index in [0.717, 1.165) is 15.6 Å².